The second-order valence-electron chi connectivity index (χ2n) is 5.99. The van der Waals surface area contributed by atoms with Gasteiger partial charge < -0.3 is 10.0 Å². The van der Waals surface area contributed by atoms with Crippen LogP contribution in [0.4, 0.5) is 0 Å². The molecule has 0 radical (unpaired) electrons. The Morgan fingerprint density at radius 2 is 1.71 bits per heavy atom. The summed E-state index contributed by atoms with van der Waals surface area (Å²) in [4.78, 5) is 50.6. The molecule has 126 valence electrons. The van der Waals surface area contributed by atoms with Gasteiger partial charge in [-0.1, -0.05) is 12.1 Å². The smallest absolute Gasteiger partial charge is 0.326 e. The van der Waals surface area contributed by atoms with Crippen LogP contribution >= 0.6 is 0 Å². The number of imide groups is 1. The van der Waals surface area contributed by atoms with Crippen molar-refractivity contribution >= 4 is 23.7 Å². The Hall–Kier alpha value is -2.70. The molecule has 0 bridgehead atoms. The molecule has 1 N–H and O–H groups in total. The maximum absolute atomic E-state index is 12.4. The zero-order valence-corrected chi connectivity index (χ0v) is 13.1. The van der Waals surface area contributed by atoms with Gasteiger partial charge in [0, 0.05) is 19.5 Å². The standard InChI is InChI=1S/C17H18N2O5/c20-14(18-9-4-3-7-13(18)17(23)24)8-10-19-15(21)11-5-1-2-6-12(11)16(19)22/h1-2,5-6,13H,3-4,7-10H2,(H,23,24)/t13-/m1/s1. The molecule has 1 atom stereocenters. The third-order valence-electron chi connectivity index (χ3n) is 4.54. The molecule has 2 aliphatic rings. The summed E-state index contributed by atoms with van der Waals surface area (Å²) in [6, 6.07) is 5.73. The molecule has 3 rings (SSSR count). The molecule has 24 heavy (non-hydrogen) atoms. The van der Waals surface area contributed by atoms with Gasteiger partial charge in [0.2, 0.25) is 5.91 Å². The summed E-state index contributed by atoms with van der Waals surface area (Å²) >= 11 is 0. The number of likely N-dealkylation sites (tertiary alicyclic amines) is 1. The number of hydrogen-bond acceptors (Lipinski definition) is 4. The lowest BCUT2D eigenvalue weighted by atomic mass is 10.0. The van der Waals surface area contributed by atoms with Crippen molar-refractivity contribution < 1.29 is 24.3 Å². The number of rotatable bonds is 4. The van der Waals surface area contributed by atoms with Gasteiger partial charge in [-0.2, -0.15) is 0 Å². The van der Waals surface area contributed by atoms with E-state index in [1.54, 1.807) is 24.3 Å². The van der Waals surface area contributed by atoms with Crippen LogP contribution in [0.1, 0.15) is 46.4 Å². The van der Waals surface area contributed by atoms with Crippen LogP contribution in [0.5, 0.6) is 0 Å². The van der Waals surface area contributed by atoms with Gasteiger partial charge in [-0.05, 0) is 31.4 Å². The molecule has 1 aromatic rings. The molecule has 0 aliphatic carbocycles. The molecular formula is C17H18N2O5. The van der Waals surface area contributed by atoms with Crippen molar-refractivity contribution in [2.75, 3.05) is 13.1 Å². The molecule has 1 aromatic carbocycles. The number of benzene rings is 1. The predicted molar refractivity (Wildman–Crippen MR) is 83.4 cm³/mol. The van der Waals surface area contributed by atoms with Gasteiger partial charge in [-0.15, -0.1) is 0 Å². The third kappa shape index (κ3) is 2.77. The number of amides is 3. The molecule has 0 aromatic heterocycles. The summed E-state index contributed by atoms with van der Waals surface area (Å²) in [7, 11) is 0. The summed E-state index contributed by atoms with van der Waals surface area (Å²) < 4.78 is 0. The second-order valence-corrected chi connectivity index (χ2v) is 5.99. The van der Waals surface area contributed by atoms with Crippen LogP contribution in [0.15, 0.2) is 24.3 Å². The fourth-order valence-electron chi connectivity index (χ4n) is 3.28. The molecule has 0 spiro atoms. The Labute approximate surface area is 138 Å². The van der Waals surface area contributed by atoms with E-state index in [-0.39, 0.29) is 18.9 Å². The van der Waals surface area contributed by atoms with E-state index >= 15 is 0 Å². The number of carbonyl (C=O) groups excluding carboxylic acids is 3. The average molecular weight is 330 g/mol. The van der Waals surface area contributed by atoms with Gasteiger partial charge in [0.25, 0.3) is 11.8 Å². The maximum Gasteiger partial charge on any atom is 0.326 e. The molecule has 3 amide bonds. The zero-order valence-electron chi connectivity index (χ0n) is 13.1. The van der Waals surface area contributed by atoms with Crippen molar-refractivity contribution in [3.05, 3.63) is 35.4 Å². The highest BCUT2D eigenvalue weighted by Crippen LogP contribution is 2.23. The van der Waals surface area contributed by atoms with Gasteiger partial charge in [0.05, 0.1) is 11.1 Å². The van der Waals surface area contributed by atoms with Gasteiger partial charge in [0.1, 0.15) is 6.04 Å². The molecule has 0 unspecified atom stereocenters. The van der Waals surface area contributed by atoms with Crippen molar-refractivity contribution in [1.82, 2.24) is 9.80 Å². The normalized spacial score (nSPS) is 20.2. The number of piperidine rings is 1. The lowest BCUT2D eigenvalue weighted by molar-refractivity contribution is -0.152. The second kappa shape index (κ2) is 6.43. The number of hydrogen-bond donors (Lipinski definition) is 1. The third-order valence-corrected chi connectivity index (χ3v) is 4.54. The molecule has 1 saturated heterocycles. The number of nitrogens with zero attached hydrogens (tertiary/aromatic N) is 2. The SMILES string of the molecule is O=C(O)[C@H]1CCCCN1C(=O)CCN1C(=O)c2ccccc2C1=O. The van der Waals surface area contributed by atoms with Crippen molar-refractivity contribution in [3.63, 3.8) is 0 Å². The summed E-state index contributed by atoms with van der Waals surface area (Å²) in [5.74, 6) is -2.16. The molecule has 7 heteroatoms. The maximum atomic E-state index is 12.4. The van der Waals surface area contributed by atoms with Crippen LogP contribution in [0.25, 0.3) is 0 Å². The van der Waals surface area contributed by atoms with E-state index < -0.39 is 23.8 Å². The highest BCUT2D eigenvalue weighted by molar-refractivity contribution is 6.21. The minimum absolute atomic E-state index is 0.0337. The van der Waals surface area contributed by atoms with Crippen molar-refractivity contribution in [2.45, 2.75) is 31.7 Å². The van der Waals surface area contributed by atoms with Crippen LogP contribution < -0.4 is 0 Å². The van der Waals surface area contributed by atoms with Crippen molar-refractivity contribution in [1.29, 1.82) is 0 Å². The largest absolute Gasteiger partial charge is 0.480 e. The minimum atomic E-state index is -1.01. The number of aliphatic carboxylic acids is 1. The number of carboxylic acid groups (broad SMARTS) is 1. The first-order valence-corrected chi connectivity index (χ1v) is 7.98. The molecule has 0 saturated carbocycles. The minimum Gasteiger partial charge on any atom is -0.480 e. The van der Waals surface area contributed by atoms with Crippen molar-refractivity contribution in [2.24, 2.45) is 0 Å². The Kier molecular flexibility index (Phi) is 4.33. The fourth-order valence-corrected chi connectivity index (χ4v) is 3.28. The van der Waals surface area contributed by atoms with Gasteiger partial charge in [-0.25, -0.2) is 4.79 Å². The molecule has 2 heterocycles. The van der Waals surface area contributed by atoms with Crippen LogP contribution in [0.2, 0.25) is 0 Å². The lowest BCUT2D eigenvalue weighted by Gasteiger charge is -2.33. The molecule has 2 aliphatic heterocycles. The van der Waals surface area contributed by atoms with Crippen LogP contribution in [0, 0.1) is 0 Å². The first-order valence-electron chi connectivity index (χ1n) is 7.98. The summed E-state index contributed by atoms with van der Waals surface area (Å²) in [6.45, 7) is 0.367. The number of fused-ring (bicyclic) bond motifs is 1. The van der Waals surface area contributed by atoms with E-state index in [1.165, 1.54) is 4.90 Å². The van der Waals surface area contributed by atoms with Crippen LogP contribution in [-0.4, -0.2) is 57.7 Å². The highest BCUT2D eigenvalue weighted by atomic mass is 16.4. The van der Waals surface area contributed by atoms with Crippen LogP contribution in [0.3, 0.4) is 0 Å². The quantitative estimate of drug-likeness (QED) is 0.835. The van der Waals surface area contributed by atoms with E-state index in [9.17, 15) is 24.3 Å². The Balaban J connectivity index is 1.66. The van der Waals surface area contributed by atoms with Gasteiger partial charge in [0.15, 0.2) is 0 Å². The van der Waals surface area contributed by atoms with E-state index in [1.807, 2.05) is 0 Å². The van der Waals surface area contributed by atoms with Crippen LogP contribution in [-0.2, 0) is 9.59 Å². The topological polar surface area (TPSA) is 95.0 Å². The van der Waals surface area contributed by atoms with E-state index in [0.717, 1.165) is 17.7 Å². The molecule has 1 fully saturated rings. The lowest BCUT2D eigenvalue weighted by Crippen LogP contribution is -2.48. The van der Waals surface area contributed by atoms with E-state index in [2.05, 4.69) is 0 Å². The number of carbonyl (C=O) groups is 4. The monoisotopic (exact) mass is 330 g/mol. The Morgan fingerprint density at radius 1 is 1.08 bits per heavy atom. The summed E-state index contributed by atoms with van der Waals surface area (Å²) in [5.41, 5.74) is 0.688. The Bertz CT molecular complexity index is 680. The first-order chi connectivity index (χ1) is 11.5. The van der Waals surface area contributed by atoms with Crippen molar-refractivity contribution in [3.8, 4) is 0 Å². The van der Waals surface area contributed by atoms with Gasteiger partial charge >= 0.3 is 5.97 Å². The molecule has 7 nitrogen and oxygen atoms in total. The fraction of sp³-hybridized carbons (Fsp3) is 0.412. The van der Waals surface area contributed by atoms with Gasteiger partial charge in [-0.3, -0.25) is 19.3 Å². The number of carboxylic acids is 1. The highest BCUT2D eigenvalue weighted by Gasteiger charge is 2.36. The van der Waals surface area contributed by atoms with E-state index in [4.69, 9.17) is 0 Å². The Morgan fingerprint density at radius 3 is 2.29 bits per heavy atom. The zero-order chi connectivity index (χ0) is 17.3. The average Bonchev–Trinajstić information content (AvgIpc) is 2.84. The summed E-state index contributed by atoms with van der Waals surface area (Å²) in [5, 5.41) is 9.23. The molecular weight excluding hydrogens is 312 g/mol. The predicted octanol–water partition coefficient (Wildman–Crippen LogP) is 1.14. The first kappa shape index (κ1) is 16.2. The summed E-state index contributed by atoms with van der Waals surface area (Å²) in [6.07, 6.45) is 1.92. The van der Waals surface area contributed by atoms with E-state index in [0.29, 0.717) is 24.1 Å².